The molecule has 0 spiro atoms. The third kappa shape index (κ3) is 2.79. The summed E-state index contributed by atoms with van der Waals surface area (Å²) in [6.45, 7) is 4.04. The Morgan fingerprint density at radius 3 is 2.80 bits per heavy atom. The predicted molar refractivity (Wildman–Crippen MR) is 76.2 cm³/mol. The first-order valence-electron chi connectivity index (χ1n) is 6.40. The second kappa shape index (κ2) is 5.73. The van der Waals surface area contributed by atoms with Gasteiger partial charge >= 0.3 is 5.97 Å². The van der Waals surface area contributed by atoms with Crippen LogP contribution in [0.4, 0.5) is 11.5 Å². The summed E-state index contributed by atoms with van der Waals surface area (Å²) in [5.74, 6) is 0.378. The zero-order chi connectivity index (χ0) is 14.7. The van der Waals surface area contributed by atoms with Crippen LogP contribution in [0.3, 0.4) is 0 Å². The lowest BCUT2D eigenvalue weighted by Gasteiger charge is -2.18. The van der Waals surface area contributed by atoms with Crippen LogP contribution in [0.25, 0.3) is 0 Å². The van der Waals surface area contributed by atoms with Gasteiger partial charge in [-0.05, 0) is 26.0 Å². The van der Waals surface area contributed by atoms with Gasteiger partial charge in [0, 0.05) is 25.9 Å². The normalized spacial score (nSPS) is 10.4. The van der Waals surface area contributed by atoms with E-state index in [0.717, 1.165) is 17.2 Å². The highest BCUT2D eigenvalue weighted by atomic mass is 16.5. The summed E-state index contributed by atoms with van der Waals surface area (Å²) < 4.78 is 6.60. The average Bonchev–Trinajstić information content (AvgIpc) is 2.81. The van der Waals surface area contributed by atoms with Crippen molar-refractivity contribution in [3.05, 3.63) is 35.8 Å². The predicted octanol–water partition coefficient (Wildman–Crippen LogP) is 2.07. The average molecular weight is 274 g/mol. The van der Waals surface area contributed by atoms with Gasteiger partial charge < -0.3 is 9.64 Å². The van der Waals surface area contributed by atoms with E-state index < -0.39 is 5.97 Å². The van der Waals surface area contributed by atoms with Gasteiger partial charge in [-0.25, -0.2) is 4.79 Å². The molecule has 0 saturated carbocycles. The Labute approximate surface area is 118 Å². The quantitative estimate of drug-likeness (QED) is 0.799. The molecule has 2 aromatic rings. The van der Waals surface area contributed by atoms with Crippen molar-refractivity contribution in [2.75, 3.05) is 18.6 Å². The van der Waals surface area contributed by atoms with Crippen molar-refractivity contribution in [3.63, 3.8) is 0 Å². The lowest BCUT2D eigenvalue weighted by molar-refractivity contribution is 0.0518. The molecule has 0 N–H and O–H groups in total. The minimum Gasteiger partial charge on any atom is -0.461 e. The van der Waals surface area contributed by atoms with Gasteiger partial charge in [0.15, 0.2) is 5.69 Å². The van der Waals surface area contributed by atoms with Gasteiger partial charge in [-0.1, -0.05) is 0 Å². The molecule has 0 atom stereocenters. The van der Waals surface area contributed by atoms with Gasteiger partial charge in [-0.3, -0.25) is 9.67 Å². The molecule has 0 aromatic carbocycles. The Bertz CT molecular complexity index is 604. The Kier molecular flexibility index (Phi) is 4.02. The Balaban J connectivity index is 2.28. The van der Waals surface area contributed by atoms with E-state index in [9.17, 15) is 4.79 Å². The van der Waals surface area contributed by atoms with Gasteiger partial charge in [0.25, 0.3) is 0 Å². The number of nitrogens with zero attached hydrogens (tertiary/aromatic N) is 4. The number of anilines is 2. The second-order valence-electron chi connectivity index (χ2n) is 4.45. The summed E-state index contributed by atoms with van der Waals surface area (Å²) in [5, 5.41) is 4.17. The van der Waals surface area contributed by atoms with Crippen molar-refractivity contribution >= 4 is 17.5 Å². The van der Waals surface area contributed by atoms with Crippen LogP contribution in [-0.2, 0) is 11.8 Å². The molecule has 2 aromatic heterocycles. The summed E-state index contributed by atoms with van der Waals surface area (Å²) in [6.07, 6.45) is 1.78. The zero-order valence-corrected chi connectivity index (χ0v) is 12.1. The molecular formula is C14H18N4O2. The molecule has 0 fully saturated rings. The van der Waals surface area contributed by atoms with E-state index in [0.29, 0.717) is 12.3 Å². The first-order chi connectivity index (χ1) is 9.52. The topological polar surface area (TPSA) is 60.2 Å². The highest BCUT2D eigenvalue weighted by molar-refractivity contribution is 5.88. The fraction of sp³-hybridized carbons (Fsp3) is 0.357. The van der Waals surface area contributed by atoms with E-state index >= 15 is 0 Å². The summed E-state index contributed by atoms with van der Waals surface area (Å²) in [5.41, 5.74) is 2.18. The molecule has 0 radical (unpaired) electrons. The summed E-state index contributed by atoms with van der Waals surface area (Å²) in [4.78, 5) is 17.9. The molecule has 0 unspecified atom stereocenters. The van der Waals surface area contributed by atoms with Crippen molar-refractivity contribution < 1.29 is 9.53 Å². The zero-order valence-electron chi connectivity index (χ0n) is 12.1. The number of pyridine rings is 1. The smallest absolute Gasteiger partial charge is 0.358 e. The molecule has 0 bridgehead atoms. The number of aromatic nitrogens is 3. The fourth-order valence-corrected chi connectivity index (χ4v) is 1.87. The van der Waals surface area contributed by atoms with Gasteiger partial charge in [0.05, 0.1) is 18.5 Å². The van der Waals surface area contributed by atoms with Crippen LogP contribution in [0.2, 0.25) is 0 Å². The van der Waals surface area contributed by atoms with Crippen molar-refractivity contribution in [2.24, 2.45) is 7.05 Å². The van der Waals surface area contributed by atoms with Crippen LogP contribution in [0.1, 0.15) is 23.1 Å². The molecule has 6 nitrogen and oxygen atoms in total. The number of carbonyl (C=O) groups is 1. The fourth-order valence-electron chi connectivity index (χ4n) is 1.87. The maximum Gasteiger partial charge on any atom is 0.358 e. The third-order valence-corrected chi connectivity index (χ3v) is 2.97. The van der Waals surface area contributed by atoms with Crippen LogP contribution in [0, 0.1) is 6.92 Å². The van der Waals surface area contributed by atoms with Crippen LogP contribution in [0.15, 0.2) is 24.4 Å². The van der Waals surface area contributed by atoms with E-state index in [4.69, 9.17) is 4.74 Å². The van der Waals surface area contributed by atoms with Gasteiger partial charge in [0.1, 0.15) is 5.82 Å². The number of esters is 1. The lowest BCUT2D eigenvalue weighted by Crippen LogP contribution is -2.13. The van der Waals surface area contributed by atoms with Crippen LogP contribution in [0.5, 0.6) is 0 Å². The molecule has 0 amide bonds. The third-order valence-electron chi connectivity index (χ3n) is 2.97. The number of hydrogen-bond acceptors (Lipinski definition) is 5. The maximum absolute atomic E-state index is 11.7. The number of aryl methyl sites for hydroxylation is 2. The standard InChI is InChI=1S/C14H18N4O2/c1-5-20-14(19)12-8-13(18(4)16-12)17(3)11-7-6-10(2)15-9-11/h6-9H,5H2,1-4H3. The number of hydrogen-bond donors (Lipinski definition) is 0. The summed E-state index contributed by atoms with van der Waals surface area (Å²) in [6, 6.07) is 5.62. The number of carbonyl (C=O) groups excluding carboxylic acids is 1. The molecule has 0 aliphatic heterocycles. The molecule has 106 valence electrons. The van der Waals surface area contributed by atoms with Crippen molar-refractivity contribution in [1.29, 1.82) is 0 Å². The Hall–Kier alpha value is -2.37. The molecular weight excluding hydrogens is 256 g/mol. The Morgan fingerprint density at radius 1 is 1.45 bits per heavy atom. The van der Waals surface area contributed by atoms with Crippen LogP contribution >= 0.6 is 0 Å². The highest BCUT2D eigenvalue weighted by Crippen LogP contribution is 2.23. The van der Waals surface area contributed by atoms with Crippen molar-refractivity contribution in [1.82, 2.24) is 14.8 Å². The van der Waals surface area contributed by atoms with Crippen molar-refractivity contribution in [3.8, 4) is 0 Å². The highest BCUT2D eigenvalue weighted by Gasteiger charge is 2.16. The van der Waals surface area contributed by atoms with Gasteiger partial charge in [-0.15, -0.1) is 0 Å². The number of rotatable bonds is 4. The van der Waals surface area contributed by atoms with Gasteiger partial charge in [0.2, 0.25) is 0 Å². The SMILES string of the molecule is CCOC(=O)c1cc(N(C)c2ccc(C)nc2)n(C)n1. The van der Waals surface area contributed by atoms with Crippen molar-refractivity contribution in [2.45, 2.75) is 13.8 Å². The van der Waals surface area contributed by atoms with Gasteiger partial charge in [-0.2, -0.15) is 5.10 Å². The second-order valence-corrected chi connectivity index (χ2v) is 4.45. The first-order valence-corrected chi connectivity index (χ1v) is 6.40. The maximum atomic E-state index is 11.7. The summed E-state index contributed by atoms with van der Waals surface area (Å²) in [7, 11) is 3.69. The lowest BCUT2D eigenvalue weighted by atomic mass is 10.3. The molecule has 0 aliphatic rings. The van der Waals surface area contributed by atoms with E-state index in [-0.39, 0.29) is 0 Å². The molecule has 2 rings (SSSR count). The molecule has 20 heavy (non-hydrogen) atoms. The van der Waals surface area contributed by atoms with Crippen LogP contribution in [-0.4, -0.2) is 34.4 Å². The summed E-state index contributed by atoms with van der Waals surface area (Å²) >= 11 is 0. The molecule has 6 heteroatoms. The molecule has 0 saturated heterocycles. The molecule has 0 aliphatic carbocycles. The monoisotopic (exact) mass is 274 g/mol. The minimum atomic E-state index is -0.412. The first kappa shape index (κ1) is 14.0. The molecule has 2 heterocycles. The van der Waals surface area contributed by atoms with E-state index in [2.05, 4.69) is 10.1 Å². The van der Waals surface area contributed by atoms with E-state index in [1.54, 1.807) is 30.9 Å². The Morgan fingerprint density at radius 2 is 2.20 bits per heavy atom. The number of ether oxygens (including phenoxy) is 1. The minimum absolute atomic E-state index is 0.302. The van der Waals surface area contributed by atoms with E-state index in [1.165, 1.54) is 0 Å². The van der Waals surface area contributed by atoms with Crippen LogP contribution < -0.4 is 4.90 Å². The largest absolute Gasteiger partial charge is 0.461 e. The van der Waals surface area contributed by atoms with E-state index in [1.807, 2.05) is 31.0 Å².